The Morgan fingerprint density at radius 2 is 2.56 bits per heavy atom. The summed E-state index contributed by atoms with van der Waals surface area (Å²) in [6, 6.07) is 0. The topological polar surface area (TPSA) is 47.3 Å². The highest BCUT2D eigenvalue weighted by atomic mass is 16.5. The standard InChI is InChI=1S/C5H6N2O2/c1-3-7-5-4(9-3)6-2-8-5/h6H,2H2,1H3. The first-order chi connectivity index (χ1) is 4.36. The van der Waals surface area contributed by atoms with Crippen molar-refractivity contribution in [3.8, 4) is 5.88 Å². The van der Waals surface area contributed by atoms with Crippen LogP contribution in [0.25, 0.3) is 0 Å². The summed E-state index contributed by atoms with van der Waals surface area (Å²) in [7, 11) is 0. The lowest BCUT2D eigenvalue weighted by Gasteiger charge is -1.87. The monoisotopic (exact) mass is 126 g/mol. The maximum absolute atomic E-state index is 5.08. The van der Waals surface area contributed by atoms with Gasteiger partial charge in [-0.25, -0.2) is 0 Å². The summed E-state index contributed by atoms with van der Waals surface area (Å²) in [5.74, 6) is 1.85. The number of rotatable bonds is 0. The van der Waals surface area contributed by atoms with E-state index in [0.29, 0.717) is 24.4 Å². The van der Waals surface area contributed by atoms with E-state index in [-0.39, 0.29) is 0 Å². The van der Waals surface area contributed by atoms with Crippen molar-refractivity contribution >= 4 is 5.88 Å². The van der Waals surface area contributed by atoms with E-state index in [1.165, 1.54) is 0 Å². The molecule has 1 N–H and O–H groups in total. The van der Waals surface area contributed by atoms with Crippen molar-refractivity contribution in [3.05, 3.63) is 5.89 Å². The molecule has 0 fully saturated rings. The van der Waals surface area contributed by atoms with Gasteiger partial charge in [0.1, 0.15) is 0 Å². The van der Waals surface area contributed by atoms with E-state index in [2.05, 4.69) is 10.3 Å². The summed E-state index contributed by atoms with van der Waals surface area (Å²) in [6.45, 7) is 2.25. The van der Waals surface area contributed by atoms with E-state index in [0.717, 1.165) is 0 Å². The second-order valence-corrected chi connectivity index (χ2v) is 1.83. The zero-order chi connectivity index (χ0) is 6.27. The van der Waals surface area contributed by atoms with E-state index >= 15 is 0 Å². The minimum absolute atomic E-state index is 0.474. The number of anilines is 1. The van der Waals surface area contributed by atoms with Gasteiger partial charge in [0.2, 0.25) is 0 Å². The average molecular weight is 126 g/mol. The third-order valence-electron chi connectivity index (χ3n) is 1.14. The van der Waals surface area contributed by atoms with Gasteiger partial charge in [-0.05, 0) is 0 Å². The number of aryl methyl sites for hydroxylation is 1. The van der Waals surface area contributed by atoms with Gasteiger partial charge in [0, 0.05) is 6.92 Å². The fraction of sp³-hybridized carbons (Fsp3) is 0.400. The molecule has 0 atom stereocenters. The van der Waals surface area contributed by atoms with Crippen LogP contribution in [0, 0.1) is 6.92 Å². The summed E-state index contributed by atoms with van der Waals surface area (Å²) in [6.07, 6.45) is 0. The number of ether oxygens (including phenoxy) is 1. The Bertz CT molecular complexity index is 209. The predicted molar refractivity (Wildman–Crippen MR) is 30.4 cm³/mol. The third kappa shape index (κ3) is 0.558. The lowest BCUT2D eigenvalue weighted by atomic mass is 10.7. The normalized spacial score (nSPS) is 14.3. The Morgan fingerprint density at radius 1 is 1.67 bits per heavy atom. The van der Waals surface area contributed by atoms with Crippen LogP contribution >= 0.6 is 0 Å². The number of aromatic nitrogens is 1. The second kappa shape index (κ2) is 1.40. The summed E-state index contributed by atoms with van der Waals surface area (Å²) in [4.78, 5) is 3.94. The maximum Gasteiger partial charge on any atom is 0.280 e. The van der Waals surface area contributed by atoms with Crippen molar-refractivity contribution in [1.82, 2.24) is 4.98 Å². The Kier molecular flexibility index (Phi) is 0.726. The Labute approximate surface area is 51.8 Å². The van der Waals surface area contributed by atoms with Gasteiger partial charge in [-0.3, -0.25) is 0 Å². The van der Waals surface area contributed by atoms with Crippen LogP contribution in [0.15, 0.2) is 4.42 Å². The van der Waals surface area contributed by atoms with Crippen molar-refractivity contribution in [2.24, 2.45) is 0 Å². The van der Waals surface area contributed by atoms with Gasteiger partial charge < -0.3 is 14.5 Å². The summed E-state index contributed by atoms with van der Waals surface area (Å²) in [5.41, 5.74) is 0. The molecule has 0 amide bonds. The molecule has 2 heterocycles. The van der Waals surface area contributed by atoms with Crippen LogP contribution in [0.4, 0.5) is 5.88 Å². The lowest BCUT2D eigenvalue weighted by molar-refractivity contribution is 0.358. The molecule has 0 bridgehead atoms. The van der Waals surface area contributed by atoms with Gasteiger partial charge >= 0.3 is 0 Å². The van der Waals surface area contributed by atoms with Crippen LogP contribution in [0.3, 0.4) is 0 Å². The molecule has 48 valence electrons. The molecule has 2 rings (SSSR count). The number of oxazole rings is 1. The SMILES string of the molecule is Cc1nc2c(o1)NCO2. The minimum atomic E-state index is 0.474. The van der Waals surface area contributed by atoms with Crippen LogP contribution in [-0.2, 0) is 0 Å². The summed E-state index contributed by atoms with van der Waals surface area (Å²) in [5, 5.41) is 2.87. The van der Waals surface area contributed by atoms with E-state index in [9.17, 15) is 0 Å². The molecular weight excluding hydrogens is 120 g/mol. The molecule has 0 aliphatic carbocycles. The molecule has 1 aromatic rings. The highest BCUT2D eigenvalue weighted by Crippen LogP contribution is 2.28. The fourth-order valence-corrected chi connectivity index (χ4v) is 0.787. The molecule has 9 heavy (non-hydrogen) atoms. The molecule has 0 saturated carbocycles. The van der Waals surface area contributed by atoms with E-state index in [1.807, 2.05) is 0 Å². The molecule has 1 aliphatic heterocycles. The molecule has 1 aliphatic rings. The molecule has 4 heteroatoms. The van der Waals surface area contributed by atoms with Crippen LogP contribution in [0.2, 0.25) is 0 Å². The molecular formula is C5H6N2O2. The molecule has 0 spiro atoms. The van der Waals surface area contributed by atoms with Gasteiger partial charge in [0.05, 0.1) is 0 Å². The number of nitrogens with zero attached hydrogens (tertiary/aromatic N) is 1. The molecule has 0 saturated heterocycles. The van der Waals surface area contributed by atoms with Crippen molar-refractivity contribution < 1.29 is 9.15 Å². The average Bonchev–Trinajstić information content (AvgIpc) is 2.22. The highest BCUT2D eigenvalue weighted by molar-refractivity contribution is 5.45. The largest absolute Gasteiger partial charge is 0.452 e. The molecule has 4 nitrogen and oxygen atoms in total. The molecule has 0 aromatic carbocycles. The maximum atomic E-state index is 5.08. The first kappa shape index (κ1) is 4.67. The van der Waals surface area contributed by atoms with Crippen LogP contribution in [0.1, 0.15) is 5.89 Å². The van der Waals surface area contributed by atoms with E-state index in [1.54, 1.807) is 6.92 Å². The van der Waals surface area contributed by atoms with Crippen LogP contribution in [-0.4, -0.2) is 11.7 Å². The summed E-state index contributed by atoms with van der Waals surface area (Å²) < 4.78 is 10.1. The van der Waals surface area contributed by atoms with Gasteiger partial charge in [0.15, 0.2) is 12.6 Å². The molecule has 0 unspecified atom stereocenters. The molecule has 1 aromatic heterocycles. The fourth-order valence-electron chi connectivity index (χ4n) is 0.787. The zero-order valence-electron chi connectivity index (χ0n) is 4.97. The second-order valence-electron chi connectivity index (χ2n) is 1.83. The zero-order valence-corrected chi connectivity index (χ0v) is 4.97. The van der Waals surface area contributed by atoms with Gasteiger partial charge in [-0.1, -0.05) is 0 Å². The molecule has 0 radical (unpaired) electrons. The predicted octanol–water partition coefficient (Wildman–Crippen LogP) is 0.745. The number of hydrogen-bond acceptors (Lipinski definition) is 4. The van der Waals surface area contributed by atoms with Crippen molar-refractivity contribution in [2.75, 3.05) is 12.0 Å². The van der Waals surface area contributed by atoms with Crippen molar-refractivity contribution in [3.63, 3.8) is 0 Å². The van der Waals surface area contributed by atoms with E-state index in [4.69, 9.17) is 9.15 Å². The third-order valence-corrected chi connectivity index (χ3v) is 1.14. The van der Waals surface area contributed by atoms with Crippen LogP contribution in [0.5, 0.6) is 5.88 Å². The van der Waals surface area contributed by atoms with Gasteiger partial charge in [-0.15, -0.1) is 0 Å². The minimum Gasteiger partial charge on any atom is -0.452 e. The van der Waals surface area contributed by atoms with Gasteiger partial charge in [0.25, 0.3) is 11.8 Å². The number of fused-ring (bicyclic) bond motifs is 1. The number of hydrogen-bond donors (Lipinski definition) is 1. The van der Waals surface area contributed by atoms with Crippen molar-refractivity contribution in [2.45, 2.75) is 6.92 Å². The number of nitrogens with one attached hydrogen (secondary N) is 1. The van der Waals surface area contributed by atoms with E-state index < -0.39 is 0 Å². The Balaban J connectivity index is 2.51. The summed E-state index contributed by atoms with van der Waals surface area (Å²) >= 11 is 0. The van der Waals surface area contributed by atoms with Crippen molar-refractivity contribution in [1.29, 1.82) is 0 Å². The first-order valence-electron chi connectivity index (χ1n) is 2.70. The lowest BCUT2D eigenvalue weighted by Crippen LogP contribution is -1.98. The highest BCUT2D eigenvalue weighted by Gasteiger charge is 2.17. The smallest absolute Gasteiger partial charge is 0.280 e. The first-order valence-corrected chi connectivity index (χ1v) is 2.70. The Morgan fingerprint density at radius 3 is 3.33 bits per heavy atom. The van der Waals surface area contributed by atoms with Crippen LogP contribution < -0.4 is 10.1 Å². The quantitative estimate of drug-likeness (QED) is 0.557. The Hall–Kier alpha value is -1.19. The van der Waals surface area contributed by atoms with Gasteiger partial charge in [-0.2, -0.15) is 4.98 Å².